The van der Waals surface area contributed by atoms with Crippen molar-refractivity contribution in [3.63, 3.8) is 0 Å². The Morgan fingerprint density at radius 1 is 1.46 bits per heavy atom. The van der Waals surface area contributed by atoms with Crippen molar-refractivity contribution < 1.29 is 9.59 Å². The third-order valence-electron chi connectivity index (χ3n) is 2.08. The summed E-state index contributed by atoms with van der Waals surface area (Å²) < 4.78 is 0. The third-order valence-corrected chi connectivity index (χ3v) is 2.08. The molecule has 5 nitrogen and oxygen atoms in total. The zero-order valence-corrected chi connectivity index (χ0v) is 8.95. The van der Waals surface area contributed by atoms with Crippen LogP contribution in [0, 0.1) is 0 Å². The molecule has 0 unspecified atom stereocenters. The van der Waals surface area contributed by atoms with Gasteiger partial charge in [-0.1, -0.05) is 0 Å². The van der Waals surface area contributed by atoms with E-state index in [2.05, 4.69) is 0 Å². The Bertz CT molecular complexity index is 210. The molecule has 1 saturated heterocycles. The molecule has 76 valence electrons. The second-order valence-electron chi connectivity index (χ2n) is 2.85. The van der Waals surface area contributed by atoms with E-state index in [1.54, 1.807) is 0 Å². The minimum Gasteiger partial charge on any atom is -0.368 e. The Kier molecular flexibility index (Phi) is 4.94. The topological polar surface area (TPSA) is 89.4 Å². The first kappa shape index (κ1) is 12.4. The average molecular weight is 252 g/mol. The average Bonchev–Trinajstić information content (AvgIpc) is 2.50. The number of halogens is 1. The molecule has 1 atom stereocenters. The van der Waals surface area contributed by atoms with Gasteiger partial charge >= 0.3 is 0 Å². The van der Waals surface area contributed by atoms with Crippen LogP contribution < -0.4 is 11.5 Å². The van der Waals surface area contributed by atoms with Crippen molar-refractivity contribution in [2.75, 3.05) is 13.1 Å². The molecule has 6 heteroatoms. The molecule has 1 aliphatic rings. The van der Waals surface area contributed by atoms with Crippen LogP contribution in [-0.2, 0) is 9.59 Å². The summed E-state index contributed by atoms with van der Waals surface area (Å²) >= 11 is 0. The number of carbonyl (C=O) groups is 2. The van der Waals surface area contributed by atoms with Crippen LogP contribution in [0.1, 0.15) is 12.8 Å². The van der Waals surface area contributed by atoms with Crippen LogP contribution >= 0.6 is 17.0 Å². The van der Waals surface area contributed by atoms with Gasteiger partial charge in [-0.25, -0.2) is 0 Å². The molecule has 0 aromatic rings. The highest BCUT2D eigenvalue weighted by Gasteiger charge is 2.31. The smallest absolute Gasteiger partial charge is 0.240 e. The van der Waals surface area contributed by atoms with E-state index in [9.17, 15) is 9.59 Å². The fourth-order valence-corrected chi connectivity index (χ4v) is 1.48. The van der Waals surface area contributed by atoms with Gasteiger partial charge in [-0.3, -0.25) is 9.59 Å². The number of nitrogens with zero attached hydrogens (tertiary/aromatic N) is 1. The van der Waals surface area contributed by atoms with E-state index in [1.165, 1.54) is 4.90 Å². The second kappa shape index (κ2) is 5.18. The number of amides is 2. The highest BCUT2D eigenvalue weighted by atomic mass is 79.9. The molecular weight excluding hydrogens is 238 g/mol. The Morgan fingerprint density at radius 3 is 2.54 bits per heavy atom. The van der Waals surface area contributed by atoms with Crippen molar-refractivity contribution in [3.05, 3.63) is 0 Å². The molecule has 2 amide bonds. The van der Waals surface area contributed by atoms with Crippen molar-refractivity contribution >= 4 is 28.8 Å². The van der Waals surface area contributed by atoms with Gasteiger partial charge in [0, 0.05) is 6.54 Å². The quantitative estimate of drug-likeness (QED) is 0.660. The fraction of sp³-hybridized carbons (Fsp3) is 0.714. The zero-order chi connectivity index (χ0) is 9.14. The van der Waals surface area contributed by atoms with Crippen LogP contribution in [0.2, 0.25) is 0 Å². The first-order valence-electron chi connectivity index (χ1n) is 3.95. The van der Waals surface area contributed by atoms with Crippen LogP contribution in [0.15, 0.2) is 0 Å². The summed E-state index contributed by atoms with van der Waals surface area (Å²) in [6, 6.07) is -0.430. The van der Waals surface area contributed by atoms with E-state index < -0.39 is 11.9 Å². The van der Waals surface area contributed by atoms with Crippen molar-refractivity contribution in [2.45, 2.75) is 18.9 Å². The summed E-state index contributed by atoms with van der Waals surface area (Å²) in [5, 5.41) is 0. The molecule has 0 aromatic carbocycles. The Labute approximate surface area is 87.2 Å². The maximum Gasteiger partial charge on any atom is 0.240 e. The molecule has 0 radical (unpaired) electrons. The molecule has 0 saturated carbocycles. The molecule has 0 bridgehead atoms. The largest absolute Gasteiger partial charge is 0.368 e. The van der Waals surface area contributed by atoms with Crippen molar-refractivity contribution in [1.82, 2.24) is 4.90 Å². The Balaban J connectivity index is 0.00000144. The van der Waals surface area contributed by atoms with Crippen molar-refractivity contribution in [3.8, 4) is 0 Å². The molecule has 1 rings (SSSR count). The SMILES string of the molecule is Br.NCC(=O)N1CCC[C@H]1C(N)=O. The van der Waals surface area contributed by atoms with Gasteiger partial charge in [0.2, 0.25) is 11.8 Å². The molecule has 1 aliphatic heterocycles. The van der Waals surface area contributed by atoms with Gasteiger partial charge in [0.15, 0.2) is 0 Å². The monoisotopic (exact) mass is 251 g/mol. The lowest BCUT2D eigenvalue weighted by Crippen LogP contribution is -2.45. The highest BCUT2D eigenvalue weighted by Crippen LogP contribution is 2.16. The minimum atomic E-state index is -0.436. The number of primary amides is 1. The van der Waals surface area contributed by atoms with Gasteiger partial charge in [0.1, 0.15) is 6.04 Å². The number of likely N-dealkylation sites (tertiary alicyclic amines) is 1. The lowest BCUT2D eigenvalue weighted by atomic mass is 10.2. The first-order chi connectivity index (χ1) is 5.66. The van der Waals surface area contributed by atoms with Crippen LogP contribution in [-0.4, -0.2) is 35.8 Å². The van der Waals surface area contributed by atoms with Crippen LogP contribution in [0.5, 0.6) is 0 Å². The zero-order valence-electron chi connectivity index (χ0n) is 7.23. The number of hydrogen-bond donors (Lipinski definition) is 2. The fourth-order valence-electron chi connectivity index (χ4n) is 1.48. The lowest BCUT2D eigenvalue weighted by molar-refractivity contribution is -0.136. The van der Waals surface area contributed by atoms with Crippen molar-refractivity contribution in [2.24, 2.45) is 11.5 Å². The number of carbonyl (C=O) groups excluding carboxylic acids is 2. The molecule has 0 spiro atoms. The number of rotatable bonds is 2. The summed E-state index contributed by atoms with van der Waals surface area (Å²) in [6.07, 6.45) is 1.50. The van der Waals surface area contributed by atoms with Gasteiger partial charge in [-0.2, -0.15) is 0 Å². The maximum absolute atomic E-state index is 11.1. The van der Waals surface area contributed by atoms with Gasteiger partial charge in [-0.15, -0.1) is 17.0 Å². The summed E-state index contributed by atoms with van der Waals surface area (Å²) in [5.41, 5.74) is 10.3. The van der Waals surface area contributed by atoms with Gasteiger partial charge in [-0.05, 0) is 12.8 Å². The summed E-state index contributed by atoms with van der Waals surface area (Å²) in [4.78, 5) is 23.4. The van der Waals surface area contributed by atoms with Crippen molar-refractivity contribution in [1.29, 1.82) is 0 Å². The highest BCUT2D eigenvalue weighted by molar-refractivity contribution is 8.93. The third kappa shape index (κ3) is 2.67. The summed E-state index contributed by atoms with van der Waals surface area (Å²) in [5.74, 6) is -0.634. The summed E-state index contributed by atoms with van der Waals surface area (Å²) in [7, 11) is 0. The second-order valence-corrected chi connectivity index (χ2v) is 2.85. The van der Waals surface area contributed by atoms with Crippen LogP contribution in [0.4, 0.5) is 0 Å². The predicted octanol–water partition coefficient (Wildman–Crippen LogP) is -1.00. The Hall–Kier alpha value is -0.620. The van der Waals surface area contributed by atoms with Gasteiger partial charge < -0.3 is 16.4 Å². The van der Waals surface area contributed by atoms with E-state index in [0.29, 0.717) is 13.0 Å². The van der Waals surface area contributed by atoms with Crippen LogP contribution in [0.3, 0.4) is 0 Å². The van der Waals surface area contributed by atoms with Crippen LogP contribution in [0.25, 0.3) is 0 Å². The standard InChI is InChI=1S/C7H13N3O2.BrH/c8-4-6(11)10-3-1-2-5(10)7(9)12;/h5H,1-4,8H2,(H2,9,12);1H/t5-;/m0./s1. The number of nitrogens with two attached hydrogens (primary N) is 2. The lowest BCUT2D eigenvalue weighted by Gasteiger charge is -2.20. The first-order valence-corrected chi connectivity index (χ1v) is 3.95. The van der Waals surface area contributed by atoms with Gasteiger partial charge in [0.25, 0.3) is 0 Å². The number of hydrogen-bond acceptors (Lipinski definition) is 3. The van der Waals surface area contributed by atoms with Gasteiger partial charge in [0.05, 0.1) is 6.54 Å². The molecule has 0 aromatic heterocycles. The predicted molar refractivity (Wildman–Crippen MR) is 53.3 cm³/mol. The molecule has 13 heavy (non-hydrogen) atoms. The Morgan fingerprint density at radius 2 is 2.08 bits per heavy atom. The molecule has 4 N–H and O–H groups in total. The summed E-state index contributed by atoms with van der Waals surface area (Å²) in [6.45, 7) is 0.549. The molecule has 0 aliphatic carbocycles. The van der Waals surface area contributed by atoms with E-state index in [1.807, 2.05) is 0 Å². The van der Waals surface area contributed by atoms with E-state index >= 15 is 0 Å². The minimum absolute atomic E-state index is 0. The molecular formula is C7H14BrN3O2. The van der Waals surface area contributed by atoms with E-state index in [4.69, 9.17) is 11.5 Å². The maximum atomic E-state index is 11.1. The molecule has 1 heterocycles. The molecule has 1 fully saturated rings. The van der Waals surface area contributed by atoms with E-state index in [0.717, 1.165) is 6.42 Å². The van der Waals surface area contributed by atoms with E-state index in [-0.39, 0.29) is 29.4 Å². The normalized spacial score (nSPS) is 21.0.